The van der Waals surface area contributed by atoms with Gasteiger partial charge in [0, 0.05) is 17.7 Å². The minimum atomic E-state index is -0.0788. The van der Waals surface area contributed by atoms with Gasteiger partial charge in [0.1, 0.15) is 17.2 Å². The largest absolute Gasteiger partial charge is 0.496 e. The molecule has 0 aliphatic heterocycles. The van der Waals surface area contributed by atoms with E-state index >= 15 is 0 Å². The van der Waals surface area contributed by atoms with Crippen LogP contribution in [0.5, 0.6) is 17.2 Å². The van der Waals surface area contributed by atoms with E-state index in [1.807, 2.05) is 31.2 Å². The van der Waals surface area contributed by atoms with E-state index in [4.69, 9.17) is 14.2 Å². The average Bonchev–Trinajstić information content (AvgIpc) is 2.59. The Balaban J connectivity index is 2.34. The number of allylic oxidation sites excluding steroid dienone is 1. The van der Waals surface area contributed by atoms with Crippen molar-refractivity contribution in [3.8, 4) is 17.2 Å². The van der Waals surface area contributed by atoms with Crippen molar-refractivity contribution in [1.82, 2.24) is 0 Å². The van der Waals surface area contributed by atoms with Crippen LogP contribution in [0.4, 0.5) is 0 Å². The molecule has 2 aromatic rings. The summed E-state index contributed by atoms with van der Waals surface area (Å²) in [7, 11) is 4.70. The molecule has 0 aliphatic carbocycles. The molecule has 0 spiro atoms. The summed E-state index contributed by atoms with van der Waals surface area (Å²) in [5.74, 6) is 1.70. The standard InChI is InChI=1S/C19H20O4/c1-13-5-7-14(8-6-13)17(20)10-9-16-18(22-3)11-15(21-2)12-19(16)23-4/h5-12H,1-4H3/b10-9+. The zero-order chi connectivity index (χ0) is 16.8. The van der Waals surface area contributed by atoms with Gasteiger partial charge in [0.2, 0.25) is 0 Å². The minimum Gasteiger partial charge on any atom is -0.496 e. The molecule has 0 fully saturated rings. The molecule has 23 heavy (non-hydrogen) atoms. The van der Waals surface area contributed by atoms with Crippen LogP contribution in [0.15, 0.2) is 42.5 Å². The first-order valence-electron chi connectivity index (χ1n) is 7.18. The van der Waals surface area contributed by atoms with E-state index in [-0.39, 0.29) is 5.78 Å². The smallest absolute Gasteiger partial charge is 0.185 e. The van der Waals surface area contributed by atoms with Gasteiger partial charge in [-0.25, -0.2) is 0 Å². The van der Waals surface area contributed by atoms with Crippen LogP contribution in [-0.2, 0) is 0 Å². The van der Waals surface area contributed by atoms with E-state index in [1.54, 1.807) is 39.5 Å². The molecule has 2 aromatic carbocycles. The van der Waals surface area contributed by atoms with Crippen LogP contribution in [0.25, 0.3) is 6.08 Å². The predicted molar refractivity (Wildman–Crippen MR) is 90.6 cm³/mol. The lowest BCUT2D eigenvalue weighted by Crippen LogP contribution is -1.97. The Kier molecular flexibility index (Phi) is 5.41. The van der Waals surface area contributed by atoms with Crippen molar-refractivity contribution in [2.24, 2.45) is 0 Å². The highest BCUT2D eigenvalue weighted by Crippen LogP contribution is 2.35. The highest BCUT2D eigenvalue weighted by Gasteiger charge is 2.11. The fourth-order valence-electron chi connectivity index (χ4n) is 2.17. The monoisotopic (exact) mass is 312 g/mol. The Bertz CT molecular complexity index is 690. The summed E-state index contributed by atoms with van der Waals surface area (Å²) in [6.07, 6.45) is 3.21. The van der Waals surface area contributed by atoms with Gasteiger partial charge in [-0.15, -0.1) is 0 Å². The normalized spacial score (nSPS) is 10.6. The number of carbonyl (C=O) groups is 1. The van der Waals surface area contributed by atoms with Gasteiger partial charge in [-0.1, -0.05) is 29.8 Å². The van der Waals surface area contributed by atoms with E-state index < -0.39 is 0 Å². The number of hydrogen-bond donors (Lipinski definition) is 0. The van der Waals surface area contributed by atoms with Crippen LogP contribution in [0, 0.1) is 6.92 Å². The average molecular weight is 312 g/mol. The van der Waals surface area contributed by atoms with Crippen LogP contribution < -0.4 is 14.2 Å². The second-order valence-electron chi connectivity index (χ2n) is 5.01. The lowest BCUT2D eigenvalue weighted by Gasteiger charge is -2.12. The Hall–Kier alpha value is -2.75. The van der Waals surface area contributed by atoms with Crippen LogP contribution in [0.1, 0.15) is 21.5 Å². The van der Waals surface area contributed by atoms with Crippen LogP contribution in [0.2, 0.25) is 0 Å². The number of ketones is 1. The van der Waals surface area contributed by atoms with E-state index in [2.05, 4.69) is 0 Å². The predicted octanol–water partition coefficient (Wildman–Crippen LogP) is 3.92. The van der Waals surface area contributed by atoms with Gasteiger partial charge in [-0.3, -0.25) is 4.79 Å². The van der Waals surface area contributed by atoms with E-state index in [9.17, 15) is 4.79 Å². The van der Waals surface area contributed by atoms with Crippen molar-refractivity contribution in [2.45, 2.75) is 6.92 Å². The summed E-state index contributed by atoms with van der Waals surface area (Å²) < 4.78 is 15.9. The number of methoxy groups -OCH3 is 3. The van der Waals surface area contributed by atoms with Crippen LogP contribution >= 0.6 is 0 Å². The molecule has 2 rings (SSSR count). The van der Waals surface area contributed by atoms with Gasteiger partial charge in [0.15, 0.2) is 5.78 Å². The highest BCUT2D eigenvalue weighted by atomic mass is 16.5. The quantitative estimate of drug-likeness (QED) is 0.599. The van der Waals surface area contributed by atoms with Gasteiger partial charge in [0.05, 0.1) is 26.9 Å². The van der Waals surface area contributed by atoms with Crippen molar-refractivity contribution in [2.75, 3.05) is 21.3 Å². The highest BCUT2D eigenvalue weighted by molar-refractivity contribution is 6.07. The van der Waals surface area contributed by atoms with Crippen LogP contribution in [-0.4, -0.2) is 27.1 Å². The zero-order valence-corrected chi connectivity index (χ0v) is 13.8. The summed E-state index contributed by atoms with van der Waals surface area (Å²) in [5.41, 5.74) is 2.44. The first-order valence-corrected chi connectivity index (χ1v) is 7.18. The molecular formula is C19H20O4. The molecule has 0 aromatic heterocycles. The van der Waals surface area contributed by atoms with E-state index in [0.29, 0.717) is 28.4 Å². The fourth-order valence-corrected chi connectivity index (χ4v) is 2.17. The molecule has 0 saturated carbocycles. The second kappa shape index (κ2) is 7.49. The number of carbonyl (C=O) groups excluding carboxylic acids is 1. The van der Waals surface area contributed by atoms with Gasteiger partial charge >= 0.3 is 0 Å². The van der Waals surface area contributed by atoms with Gasteiger partial charge in [-0.05, 0) is 19.1 Å². The molecule has 0 atom stereocenters. The van der Waals surface area contributed by atoms with E-state index in [1.165, 1.54) is 6.08 Å². The molecule has 4 nitrogen and oxygen atoms in total. The van der Waals surface area contributed by atoms with E-state index in [0.717, 1.165) is 5.56 Å². The third kappa shape index (κ3) is 3.92. The summed E-state index contributed by atoms with van der Waals surface area (Å²) in [6.45, 7) is 1.98. The molecule has 0 bridgehead atoms. The molecule has 0 N–H and O–H groups in total. The first kappa shape index (κ1) is 16.6. The topological polar surface area (TPSA) is 44.8 Å². The minimum absolute atomic E-state index is 0.0788. The van der Waals surface area contributed by atoms with Crippen LogP contribution in [0.3, 0.4) is 0 Å². The Labute approximate surface area is 136 Å². The van der Waals surface area contributed by atoms with Crippen molar-refractivity contribution in [1.29, 1.82) is 0 Å². The SMILES string of the molecule is COc1cc(OC)c(/C=C/C(=O)c2ccc(C)cc2)c(OC)c1. The second-order valence-corrected chi connectivity index (χ2v) is 5.01. The summed E-state index contributed by atoms with van der Waals surface area (Å²) >= 11 is 0. The third-order valence-corrected chi connectivity index (χ3v) is 3.49. The summed E-state index contributed by atoms with van der Waals surface area (Å²) in [5, 5.41) is 0. The fraction of sp³-hybridized carbons (Fsp3) is 0.211. The van der Waals surface area contributed by atoms with Crippen molar-refractivity contribution >= 4 is 11.9 Å². The third-order valence-electron chi connectivity index (χ3n) is 3.49. The first-order chi connectivity index (χ1) is 11.1. The summed E-state index contributed by atoms with van der Waals surface area (Å²) in [4.78, 5) is 12.3. The number of rotatable bonds is 6. The molecular weight excluding hydrogens is 292 g/mol. The Morgan fingerprint density at radius 1 is 0.913 bits per heavy atom. The number of ether oxygens (including phenoxy) is 3. The van der Waals surface area contributed by atoms with Crippen molar-refractivity contribution in [3.05, 3.63) is 59.2 Å². The van der Waals surface area contributed by atoms with Gasteiger partial charge < -0.3 is 14.2 Å². The van der Waals surface area contributed by atoms with Gasteiger partial charge in [-0.2, -0.15) is 0 Å². The molecule has 120 valence electrons. The Morgan fingerprint density at radius 2 is 1.48 bits per heavy atom. The number of hydrogen-bond acceptors (Lipinski definition) is 4. The maximum absolute atomic E-state index is 12.3. The molecule has 0 amide bonds. The lowest BCUT2D eigenvalue weighted by atomic mass is 10.1. The summed E-state index contributed by atoms with van der Waals surface area (Å²) in [6, 6.07) is 10.9. The maximum Gasteiger partial charge on any atom is 0.185 e. The van der Waals surface area contributed by atoms with Crippen molar-refractivity contribution in [3.63, 3.8) is 0 Å². The molecule has 0 saturated heterocycles. The maximum atomic E-state index is 12.3. The number of aryl methyl sites for hydroxylation is 1. The lowest BCUT2D eigenvalue weighted by molar-refractivity contribution is 0.104. The van der Waals surface area contributed by atoms with Crippen molar-refractivity contribution < 1.29 is 19.0 Å². The molecule has 4 heteroatoms. The molecule has 0 radical (unpaired) electrons. The number of benzene rings is 2. The molecule has 0 heterocycles. The van der Waals surface area contributed by atoms with Gasteiger partial charge in [0.25, 0.3) is 0 Å². The Morgan fingerprint density at radius 3 is 1.96 bits per heavy atom. The zero-order valence-electron chi connectivity index (χ0n) is 13.8. The molecule has 0 unspecified atom stereocenters. The molecule has 0 aliphatic rings.